The fourth-order valence-electron chi connectivity index (χ4n) is 2.55. The molecule has 0 saturated heterocycles. The molecule has 0 aromatic carbocycles. The first-order valence-corrected chi connectivity index (χ1v) is 9.87. The Hall–Kier alpha value is -2.07. The van der Waals surface area contributed by atoms with Gasteiger partial charge in [0.15, 0.2) is 0 Å². The Labute approximate surface area is 153 Å². The van der Waals surface area contributed by atoms with E-state index in [1.54, 1.807) is 39.0 Å². The summed E-state index contributed by atoms with van der Waals surface area (Å²) in [6.07, 6.45) is 6.16. The predicted octanol–water partition coefficient (Wildman–Crippen LogP) is 0.952. The second kappa shape index (κ2) is 8.09. The van der Waals surface area contributed by atoms with E-state index < -0.39 is 33.9 Å². The van der Waals surface area contributed by atoms with Gasteiger partial charge in [-0.2, -0.15) is 13.1 Å². The summed E-state index contributed by atoms with van der Waals surface area (Å²) in [5.74, 6) is 0.139. The van der Waals surface area contributed by atoms with Crippen LogP contribution in [0, 0.1) is 5.92 Å². The van der Waals surface area contributed by atoms with Crippen LogP contribution in [0.3, 0.4) is 0 Å². The number of nitrogens with one attached hydrogen (secondary N) is 2. The SMILES string of the molecule is CC(C)(C)OC(=O)NCCCCOC1=CC=CC2NS(=O)(=O)N=C(N)C12. The maximum Gasteiger partial charge on any atom is 0.407 e. The number of carbonyl (C=O) groups is 1. The molecule has 4 N–H and O–H groups in total. The molecular weight excluding hydrogens is 360 g/mol. The molecule has 0 saturated carbocycles. The van der Waals surface area contributed by atoms with Crippen molar-refractivity contribution >= 4 is 22.1 Å². The quantitative estimate of drug-likeness (QED) is 0.582. The molecule has 0 radical (unpaired) electrons. The number of ether oxygens (including phenoxy) is 2. The van der Waals surface area contributed by atoms with Crippen LogP contribution in [0.15, 0.2) is 28.4 Å². The van der Waals surface area contributed by atoms with Crippen LogP contribution in [0.25, 0.3) is 0 Å². The monoisotopic (exact) mass is 386 g/mol. The topological polar surface area (TPSA) is 132 Å². The Bertz CT molecular complexity index is 721. The molecule has 1 aliphatic carbocycles. The molecule has 1 amide bonds. The van der Waals surface area contributed by atoms with Crippen LogP contribution in [0.2, 0.25) is 0 Å². The number of carbonyl (C=O) groups excluding carboxylic acids is 1. The van der Waals surface area contributed by atoms with Crippen molar-refractivity contribution in [3.05, 3.63) is 24.0 Å². The minimum Gasteiger partial charge on any atom is -0.497 e. The maximum atomic E-state index is 11.6. The van der Waals surface area contributed by atoms with Gasteiger partial charge in [-0.25, -0.2) is 4.79 Å². The minimum atomic E-state index is -3.75. The van der Waals surface area contributed by atoms with E-state index in [1.807, 2.05) is 0 Å². The van der Waals surface area contributed by atoms with Crippen LogP contribution >= 0.6 is 0 Å². The van der Waals surface area contributed by atoms with Crippen LogP contribution < -0.4 is 15.8 Å². The average Bonchev–Trinajstić information content (AvgIpc) is 2.47. The van der Waals surface area contributed by atoms with Crippen LogP contribution in [0.4, 0.5) is 4.79 Å². The number of nitrogens with two attached hydrogens (primary N) is 1. The first-order chi connectivity index (χ1) is 12.1. The third-order valence-electron chi connectivity index (χ3n) is 3.58. The molecule has 1 aliphatic heterocycles. The molecule has 146 valence electrons. The first kappa shape index (κ1) is 20.2. The van der Waals surface area contributed by atoms with E-state index in [9.17, 15) is 13.2 Å². The highest BCUT2D eigenvalue weighted by Crippen LogP contribution is 2.26. The van der Waals surface area contributed by atoms with E-state index in [2.05, 4.69) is 14.4 Å². The number of allylic oxidation sites excluding steroid dienone is 2. The molecule has 0 aromatic rings. The van der Waals surface area contributed by atoms with Crippen LogP contribution in [0.1, 0.15) is 33.6 Å². The summed E-state index contributed by atoms with van der Waals surface area (Å²) >= 11 is 0. The van der Waals surface area contributed by atoms with Gasteiger partial charge in [-0.05, 0) is 39.7 Å². The Morgan fingerprint density at radius 1 is 1.38 bits per heavy atom. The van der Waals surface area contributed by atoms with E-state index in [0.29, 0.717) is 31.8 Å². The molecule has 0 spiro atoms. The number of alkyl carbamates (subject to hydrolysis) is 1. The zero-order valence-corrected chi connectivity index (χ0v) is 16.0. The smallest absolute Gasteiger partial charge is 0.407 e. The number of fused-ring (bicyclic) bond motifs is 1. The summed E-state index contributed by atoms with van der Waals surface area (Å²) in [6, 6.07) is -0.494. The first-order valence-electron chi connectivity index (χ1n) is 8.43. The fraction of sp³-hybridized carbons (Fsp3) is 0.625. The molecule has 2 unspecified atom stereocenters. The van der Waals surface area contributed by atoms with E-state index in [-0.39, 0.29) is 5.84 Å². The molecular formula is C16H26N4O5S. The molecule has 1 heterocycles. The number of amidine groups is 1. The van der Waals surface area contributed by atoms with Gasteiger partial charge in [-0.3, -0.25) is 0 Å². The number of hydrogen-bond donors (Lipinski definition) is 3. The molecule has 26 heavy (non-hydrogen) atoms. The average molecular weight is 386 g/mol. The van der Waals surface area contributed by atoms with Crippen LogP contribution in [-0.4, -0.2) is 45.1 Å². The van der Waals surface area contributed by atoms with Crippen LogP contribution in [-0.2, 0) is 19.7 Å². The summed E-state index contributed by atoms with van der Waals surface area (Å²) < 4.78 is 40.0. The van der Waals surface area contributed by atoms with E-state index in [4.69, 9.17) is 15.2 Å². The highest BCUT2D eigenvalue weighted by atomic mass is 32.2. The lowest BCUT2D eigenvalue weighted by molar-refractivity contribution is 0.0525. The number of unbranched alkanes of at least 4 members (excludes halogenated alkanes) is 1. The van der Waals surface area contributed by atoms with Crippen molar-refractivity contribution in [1.29, 1.82) is 0 Å². The van der Waals surface area contributed by atoms with Gasteiger partial charge in [0.2, 0.25) is 0 Å². The molecule has 0 fully saturated rings. The van der Waals surface area contributed by atoms with Gasteiger partial charge in [0.1, 0.15) is 17.2 Å². The Kier molecular flexibility index (Phi) is 6.30. The molecule has 0 aromatic heterocycles. The van der Waals surface area contributed by atoms with Gasteiger partial charge in [-0.15, -0.1) is 4.40 Å². The predicted molar refractivity (Wildman–Crippen MR) is 97.6 cm³/mol. The number of hydrogen-bond acceptors (Lipinski definition) is 6. The highest BCUT2D eigenvalue weighted by Gasteiger charge is 2.37. The maximum absolute atomic E-state index is 11.6. The van der Waals surface area contributed by atoms with Crippen molar-refractivity contribution in [3.63, 3.8) is 0 Å². The summed E-state index contributed by atoms with van der Waals surface area (Å²) in [7, 11) is -3.75. The largest absolute Gasteiger partial charge is 0.497 e. The van der Waals surface area contributed by atoms with Crippen molar-refractivity contribution in [3.8, 4) is 0 Å². The van der Waals surface area contributed by atoms with Crippen molar-refractivity contribution < 1.29 is 22.7 Å². The Balaban J connectivity index is 1.74. The molecule has 0 bridgehead atoms. The van der Waals surface area contributed by atoms with Gasteiger partial charge in [0.05, 0.1) is 18.6 Å². The number of amides is 1. The van der Waals surface area contributed by atoms with Crippen molar-refractivity contribution in [1.82, 2.24) is 10.0 Å². The van der Waals surface area contributed by atoms with Gasteiger partial charge < -0.3 is 20.5 Å². The van der Waals surface area contributed by atoms with E-state index in [1.165, 1.54) is 0 Å². The lowest BCUT2D eigenvalue weighted by Gasteiger charge is -2.31. The lowest BCUT2D eigenvalue weighted by Crippen LogP contribution is -2.50. The van der Waals surface area contributed by atoms with Crippen molar-refractivity contribution in [2.45, 2.75) is 45.3 Å². The summed E-state index contributed by atoms with van der Waals surface area (Å²) in [4.78, 5) is 11.5. The third-order valence-corrected chi connectivity index (χ3v) is 4.60. The van der Waals surface area contributed by atoms with Gasteiger partial charge in [0.25, 0.3) is 0 Å². The number of rotatable bonds is 6. The molecule has 2 rings (SSSR count). The highest BCUT2D eigenvalue weighted by molar-refractivity contribution is 7.88. The zero-order chi connectivity index (χ0) is 19.4. The minimum absolute atomic E-state index is 0.0101. The Morgan fingerprint density at radius 2 is 2.12 bits per heavy atom. The fourth-order valence-corrected chi connectivity index (χ4v) is 3.55. The normalized spacial score (nSPS) is 24.1. The second-order valence-electron chi connectivity index (χ2n) is 7.05. The van der Waals surface area contributed by atoms with Crippen molar-refractivity contribution in [2.24, 2.45) is 16.0 Å². The lowest BCUT2D eigenvalue weighted by atomic mass is 9.92. The van der Waals surface area contributed by atoms with E-state index >= 15 is 0 Å². The Morgan fingerprint density at radius 3 is 2.81 bits per heavy atom. The second-order valence-corrected chi connectivity index (χ2v) is 8.42. The molecule has 9 nitrogen and oxygen atoms in total. The third kappa shape index (κ3) is 6.03. The van der Waals surface area contributed by atoms with Gasteiger partial charge >= 0.3 is 16.3 Å². The van der Waals surface area contributed by atoms with Crippen LogP contribution in [0.5, 0.6) is 0 Å². The van der Waals surface area contributed by atoms with E-state index in [0.717, 1.165) is 0 Å². The summed E-state index contributed by atoms with van der Waals surface area (Å²) in [5.41, 5.74) is 5.29. The summed E-state index contributed by atoms with van der Waals surface area (Å²) in [5, 5.41) is 2.68. The summed E-state index contributed by atoms with van der Waals surface area (Å²) in [6.45, 7) is 6.31. The molecule has 2 atom stereocenters. The number of nitrogens with zero attached hydrogens (tertiary/aromatic N) is 1. The molecule has 2 aliphatic rings. The zero-order valence-electron chi connectivity index (χ0n) is 15.2. The van der Waals surface area contributed by atoms with Crippen molar-refractivity contribution in [2.75, 3.05) is 13.2 Å². The molecule has 10 heteroatoms. The van der Waals surface area contributed by atoms with Gasteiger partial charge in [-0.1, -0.05) is 12.2 Å². The standard InChI is InChI=1S/C16H26N4O5S/c1-16(2,3)25-15(21)18-9-4-5-10-24-12-8-6-7-11-13(12)14(17)20-26(22,23)19-11/h6-8,11,13,19H,4-5,9-10H2,1-3H3,(H2,17,20)(H,18,21). The van der Waals surface area contributed by atoms with Gasteiger partial charge in [0, 0.05) is 6.54 Å².